The summed E-state index contributed by atoms with van der Waals surface area (Å²) in [6, 6.07) is 0.509. The van der Waals surface area contributed by atoms with Gasteiger partial charge in [0.15, 0.2) is 0 Å². The van der Waals surface area contributed by atoms with E-state index in [9.17, 15) is 4.79 Å². The van der Waals surface area contributed by atoms with Crippen LogP contribution in [0, 0.1) is 5.92 Å². The van der Waals surface area contributed by atoms with Gasteiger partial charge in [0, 0.05) is 12.1 Å². The number of amides is 1. The summed E-state index contributed by atoms with van der Waals surface area (Å²) in [4.78, 5) is 12.5. The summed E-state index contributed by atoms with van der Waals surface area (Å²) in [5, 5.41) is 8.97. The minimum Gasteiger partial charge on any atom is -0.465 e. The van der Waals surface area contributed by atoms with Gasteiger partial charge in [-0.2, -0.15) is 0 Å². The lowest BCUT2D eigenvalue weighted by molar-refractivity contribution is 0.0865. The first-order chi connectivity index (χ1) is 6.22. The first-order valence-corrected chi connectivity index (χ1v) is 4.93. The molecule has 2 bridgehead atoms. The molecule has 13 heavy (non-hydrogen) atoms. The zero-order valence-electron chi connectivity index (χ0n) is 7.65. The lowest BCUT2D eigenvalue weighted by atomic mass is 9.91. The second kappa shape index (κ2) is 3.18. The van der Waals surface area contributed by atoms with E-state index < -0.39 is 6.09 Å². The summed E-state index contributed by atoms with van der Waals surface area (Å²) < 4.78 is 0. The van der Waals surface area contributed by atoms with Gasteiger partial charge in [0.05, 0.1) is 0 Å². The average molecular weight is 184 g/mol. The molecule has 2 fully saturated rings. The van der Waals surface area contributed by atoms with E-state index in [2.05, 4.69) is 0 Å². The van der Waals surface area contributed by atoms with Crippen molar-refractivity contribution >= 4 is 6.09 Å². The van der Waals surface area contributed by atoms with E-state index in [1.54, 1.807) is 4.90 Å². The van der Waals surface area contributed by atoms with Crippen LogP contribution in [-0.4, -0.2) is 34.7 Å². The minimum atomic E-state index is -0.747. The zero-order valence-corrected chi connectivity index (χ0v) is 7.65. The fraction of sp³-hybridized carbons (Fsp3) is 0.889. The normalized spacial score (nSPS) is 37.9. The van der Waals surface area contributed by atoms with Crippen LogP contribution < -0.4 is 5.73 Å². The molecule has 2 heterocycles. The molecule has 0 radical (unpaired) electrons. The molecule has 2 aliphatic heterocycles. The van der Waals surface area contributed by atoms with Crippen molar-refractivity contribution in [2.75, 3.05) is 6.54 Å². The van der Waals surface area contributed by atoms with Crippen LogP contribution in [0.3, 0.4) is 0 Å². The number of hydrogen-bond donors (Lipinski definition) is 2. The van der Waals surface area contributed by atoms with Gasteiger partial charge in [-0.15, -0.1) is 0 Å². The highest BCUT2D eigenvalue weighted by atomic mass is 16.4. The number of carboxylic acid groups (broad SMARTS) is 1. The number of piperidine rings is 1. The number of hydrogen-bond acceptors (Lipinski definition) is 2. The van der Waals surface area contributed by atoms with Crippen LogP contribution in [0.4, 0.5) is 4.79 Å². The Hall–Kier alpha value is -0.770. The Labute approximate surface area is 77.7 Å². The Kier molecular flexibility index (Phi) is 2.15. The summed E-state index contributed by atoms with van der Waals surface area (Å²) in [5.74, 6) is 0.549. The van der Waals surface area contributed by atoms with Gasteiger partial charge in [-0.25, -0.2) is 4.79 Å². The van der Waals surface area contributed by atoms with E-state index in [0.29, 0.717) is 12.5 Å². The molecule has 0 aromatic rings. The van der Waals surface area contributed by atoms with Crippen LogP contribution in [0.1, 0.15) is 25.7 Å². The van der Waals surface area contributed by atoms with Gasteiger partial charge in [-0.3, -0.25) is 0 Å². The molecule has 74 valence electrons. The van der Waals surface area contributed by atoms with Gasteiger partial charge in [-0.05, 0) is 38.1 Å². The smallest absolute Gasteiger partial charge is 0.407 e. The van der Waals surface area contributed by atoms with Gasteiger partial charge in [0.1, 0.15) is 0 Å². The second-order valence-corrected chi connectivity index (χ2v) is 4.15. The first kappa shape index (κ1) is 8.81. The number of rotatable bonds is 1. The molecule has 3 atom stereocenters. The monoisotopic (exact) mass is 184 g/mol. The predicted molar refractivity (Wildman–Crippen MR) is 48.5 cm³/mol. The summed E-state index contributed by atoms with van der Waals surface area (Å²) in [6.45, 7) is 0.709. The van der Waals surface area contributed by atoms with Crippen molar-refractivity contribution in [1.82, 2.24) is 4.90 Å². The van der Waals surface area contributed by atoms with E-state index in [1.165, 1.54) is 0 Å². The molecule has 0 saturated carbocycles. The molecule has 2 saturated heterocycles. The van der Waals surface area contributed by atoms with Gasteiger partial charge in [0.25, 0.3) is 0 Å². The van der Waals surface area contributed by atoms with E-state index in [1.807, 2.05) is 0 Å². The zero-order chi connectivity index (χ0) is 9.42. The van der Waals surface area contributed by atoms with Crippen molar-refractivity contribution in [2.45, 2.75) is 37.8 Å². The SMILES string of the molecule is NC[C@H]1C[C@H]2CC[C@@H](C1)N2C(=O)O. The molecular formula is C9H16N2O2. The van der Waals surface area contributed by atoms with Crippen molar-refractivity contribution in [2.24, 2.45) is 11.7 Å². The Morgan fingerprint density at radius 2 is 1.92 bits per heavy atom. The van der Waals surface area contributed by atoms with E-state index in [-0.39, 0.29) is 12.1 Å². The predicted octanol–water partition coefficient (Wildman–Crippen LogP) is 0.866. The number of fused-ring (bicyclic) bond motifs is 2. The molecule has 0 unspecified atom stereocenters. The largest absolute Gasteiger partial charge is 0.465 e. The lowest BCUT2D eigenvalue weighted by Gasteiger charge is -2.36. The summed E-state index contributed by atoms with van der Waals surface area (Å²) >= 11 is 0. The fourth-order valence-corrected chi connectivity index (χ4v) is 2.79. The van der Waals surface area contributed by atoms with Gasteiger partial charge < -0.3 is 15.7 Å². The molecule has 4 heteroatoms. The summed E-state index contributed by atoms with van der Waals surface area (Å²) in [7, 11) is 0. The minimum absolute atomic E-state index is 0.254. The van der Waals surface area contributed by atoms with Crippen molar-refractivity contribution < 1.29 is 9.90 Å². The maximum absolute atomic E-state index is 10.9. The van der Waals surface area contributed by atoms with Crippen LogP contribution in [0.5, 0.6) is 0 Å². The van der Waals surface area contributed by atoms with Crippen LogP contribution in [0.15, 0.2) is 0 Å². The summed E-state index contributed by atoms with van der Waals surface area (Å²) in [5.41, 5.74) is 5.61. The highest BCUT2D eigenvalue weighted by molar-refractivity contribution is 5.66. The first-order valence-electron chi connectivity index (χ1n) is 4.93. The van der Waals surface area contributed by atoms with E-state index in [0.717, 1.165) is 25.7 Å². The third kappa shape index (κ3) is 1.39. The van der Waals surface area contributed by atoms with Crippen LogP contribution >= 0.6 is 0 Å². The van der Waals surface area contributed by atoms with Crippen molar-refractivity contribution in [3.63, 3.8) is 0 Å². The van der Waals surface area contributed by atoms with Crippen LogP contribution in [0.25, 0.3) is 0 Å². The lowest BCUT2D eigenvalue weighted by Crippen LogP contribution is -2.47. The maximum atomic E-state index is 10.9. The number of carbonyl (C=O) groups is 1. The molecular weight excluding hydrogens is 168 g/mol. The molecule has 0 aromatic carbocycles. The number of nitrogens with two attached hydrogens (primary N) is 1. The topological polar surface area (TPSA) is 66.6 Å². The average Bonchev–Trinajstić information content (AvgIpc) is 2.37. The third-order valence-electron chi connectivity index (χ3n) is 3.38. The van der Waals surface area contributed by atoms with Crippen molar-refractivity contribution in [1.29, 1.82) is 0 Å². The molecule has 4 nitrogen and oxygen atoms in total. The quantitative estimate of drug-likeness (QED) is 0.635. The Balaban J connectivity index is 2.08. The molecule has 0 spiro atoms. The molecule has 2 aliphatic rings. The van der Waals surface area contributed by atoms with Crippen LogP contribution in [-0.2, 0) is 0 Å². The summed E-state index contributed by atoms with van der Waals surface area (Å²) in [6.07, 6.45) is 3.27. The third-order valence-corrected chi connectivity index (χ3v) is 3.38. The molecule has 2 rings (SSSR count). The molecule has 1 amide bonds. The fourth-order valence-electron chi connectivity index (χ4n) is 2.79. The maximum Gasteiger partial charge on any atom is 0.407 e. The number of nitrogens with zero attached hydrogens (tertiary/aromatic N) is 1. The highest BCUT2D eigenvalue weighted by Crippen LogP contribution is 2.38. The van der Waals surface area contributed by atoms with Crippen molar-refractivity contribution in [3.05, 3.63) is 0 Å². The Morgan fingerprint density at radius 1 is 1.38 bits per heavy atom. The second-order valence-electron chi connectivity index (χ2n) is 4.15. The highest BCUT2D eigenvalue weighted by Gasteiger charge is 2.42. The van der Waals surface area contributed by atoms with Gasteiger partial charge in [0.2, 0.25) is 0 Å². The van der Waals surface area contributed by atoms with Crippen molar-refractivity contribution in [3.8, 4) is 0 Å². The molecule has 0 aliphatic carbocycles. The molecule has 0 aromatic heterocycles. The van der Waals surface area contributed by atoms with Gasteiger partial charge >= 0.3 is 6.09 Å². The molecule has 3 N–H and O–H groups in total. The Morgan fingerprint density at radius 3 is 2.31 bits per heavy atom. The van der Waals surface area contributed by atoms with Crippen LogP contribution in [0.2, 0.25) is 0 Å². The standard InChI is InChI=1S/C9H16N2O2/c10-5-6-3-7-1-2-8(4-6)11(7)9(12)13/h6-8H,1-5,10H2,(H,12,13)/t6-,7+,8-. The van der Waals surface area contributed by atoms with Gasteiger partial charge in [-0.1, -0.05) is 0 Å². The van der Waals surface area contributed by atoms with E-state index in [4.69, 9.17) is 10.8 Å². The Bertz CT molecular complexity index is 206. The van der Waals surface area contributed by atoms with E-state index >= 15 is 0 Å².